The van der Waals surface area contributed by atoms with Crippen LogP contribution < -0.4 is 0 Å². The number of fused-ring (bicyclic) bond motifs is 5. The van der Waals surface area contributed by atoms with Crippen LogP contribution in [0.25, 0.3) is 0 Å². The number of aliphatic hydroxyl groups is 1. The number of carbonyl (C=O) groups is 3. The van der Waals surface area contributed by atoms with Crippen molar-refractivity contribution in [2.24, 2.45) is 40.4 Å². The van der Waals surface area contributed by atoms with Crippen molar-refractivity contribution < 1.29 is 24.2 Å². The van der Waals surface area contributed by atoms with E-state index < -0.39 is 12.1 Å². The maximum Gasteiger partial charge on any atom is 0.303 e. The molecule has 1 N–H and O–H groups in total. The largest absolute Gasteiger partial charge is 0.458 e. The molecule has 7 unspecified atom stereocenters. The number of allylic oxidation sites excluding steroid dienone is 1. The zero-order valence-corrected chi connectivity index (χ0v) is 18.1. The van der Waals surface area contributed by atoms with Crippen LogP contribution in [0.15, 0.2) is 11.6 Å². The SMILES string of the molecule is CC(=O)OCC(=O)C1CCC2C3CCC4=CC(=O)[C@H](C)CC4(C)C3C(O)CC12C. The highest BCUT2D eigenvalue weighted by Gasteiger charge is 2.63. The first-order valence-electron chi connectivity index (χ1n) is 11.2. The van der Waals surface area contributed by atoms with Crippen molar-refractivity contribution in [3.05, 3.63) is 11.6 Å². The number of hydrogen-bond acceptors (Lipinski definition) is 5. The third-order valence-corrected chi connectivity index (χ3v) is 9.01. The van der Waals surface area contributed by atoms with Crippen LogP contribution in [0.4, 0.5) is 0 Å². The molecule has 0 aromatic heterocycles. The standard InChI is InChI=1S/C24H34O5/c1-13-10-23(3)15(9-19(13)26)5-6-16-17-7-8-18(21(28)12-29-14(2)25)24(17,4)11-20(27)22(16)23/h9,13,16-18,20,22,27H,5-8,10-12H2,1-4H3/t13-,16?,17?,18?,20?,22?,23?,24?/m1/s1. The van der Waals surface area contributed by atoms with Crippen molar-refractivity contribution in [1.29, 1.82) is 0 Å². The molecule has 4 aliphatic rings. The van der Waals surface area contributed by atoms with Crippen LogP contribution in [0.5, 0.6) is 0 Å². The Bertz CT molecular complexity index is 769. The van der Waals surface area contributed by atoms with Crippen LogP contribution in [-0.4, -0.2) is 35.4 Å². The van der Waals surface area contributed by atoms with Gasteiger partial charge in [0.25, 0.3) is 0 Å². The van der Waals surface area contributed by atoms with E-state index in [0.29, 0.717) is 18.3 Å². The fraction of sp³-hybridized carbons (Fsp3) is 0.792. The van der Waals surface area contributed by atoms with Gasteiger partial charge in [-0.25, -0.2) is 0 Å². The lowest BCUT2D eigenvalue weighted by atomic mass is 9.45. The van der Waals surface area contributed by atoms with Gasteiger partial charge in [-0.2, -0.15) is 0 Å². The number of carbonyl (C=O) groups excluding carboxylic acids is 3. The number of hydrogen-bond donors (Lipinski definition) is 1. The summed E-state index contributed by atoms with van der Waals surface area (Å²) in [5, 5.41) is 11.4. The van der Waals surface area contributed by atoms with Gasteiger partial charge in [-0.3, -0.25) is 14.4 Å². The second kappa shape index (κ2) is 7.04. The van der Waals surface area contributed by atoms with Crippen LogP contribution in [0.2, 0.25) is 0 Å². The lowest BCUT2D eigenvalue weighted by molar-refractivity contribution is -0.154. The lowest BCUT2D eigenvalue weighted by Gasteiger charge is -2.60. The van der Waals surface area contributed by atoms with Crippen LogP contribution >= 0.6 is 0 Å². The van der Waals surface area contributed by atoms with Gasteiger partial charge in [-0.15, -0.1) is 0 Å². The minimum absolute atomic E-state index is 0.00430. The van der Waals surface area contributed by atoms with Gasteiger partial charge in [0.2, 0.25) is 0 Å². The molecular formula is C24H34O5. The molecule has 0 radical (unpaired) electrons. The monoisotopic (exact) mass is 402 g/mol. The van der Waals surface area contributed by atoms with E-state index in [4.69, 9.17) is 4.74 Å². The zero-order chi connectivity index (χ0) is 21.1. The Morgan fingerprint density at radius 3 is 2.62 bits per heavy atom. The zero-order valence-electron chi connectivity index (χ0n) is 18.1. The Kier molecular flexibility index (Phi) is 5.04. The minimum Gasteiger partial charge on any atom is -0.458 e. The maximum atomic E-state index is 12.8. The first kappa shape index (κ1) is 20.8. The maximum absolute atomic E-state index is 12.8. The van der Waals surface area contributed by atoms with Crippen molar-refractivity contribution in [3.8, 4) is 0 Å². The Labute approximate surface area is 173 Å². The lowest BCUT2D eigenvalue weighted by Crippen LogP contribution is -2.57. The van der Waals surface area contributed by atoms with Crippen molar-refractivity contribution in [2.45, 2.75) is 72.3 Å². The molecule has 3 fully saturated rings. The molecule has 8 atom stereocenters. The van der Waals surface area contributed by atoms with Crippen LogP contribution in [0.3, 0.4) is 0 Å². The average molecular weight is 403 g/mol. The van der Waals surface area contributed by atoms with Crippen molar-refractivity contribution >= 4 is 17.5 Å². The second-order valence-corrected chi connectivity index (χ2v) is 10.6. The summed E-state index contributed by atoms with van der Waals surface area (Å²) in [6.45, 7) is 7.59. The Balaban J connectivity index is 1.62. The molecule has 3 saturated carbocycles. The van der Waals surface area contributed by atoms with Crippen molar-refractivity contribution in [2.75, 3.05) is 6.61 Å². The van der Waals surface area contributed by atoms with Gasteiger partial charge < -0.3 is 9.84 Å². The van der Waals surface area contributed by atoms with E-state index in [9.17, 15) is 19.5 Å². The van der Waals surface area contributed by atoms with Crippen molar-refractivity contribution in [3.63, 3.8) is 0 Å². The summed E-state index contributed by atoms with van der Waals surface area (Å²) < 4.78 is 4.99. The van der Waals surface area contributed by atoms with E-state index in [1.165, 1.54) is 12.5 Å². The third kappa shape index (κ3) is 3.11. The number of rotatable bonds is 3. The Morgan fingerprint density at radius 2 is 1.93 bits per heavy atom. The van der Waals surface area contributed by atoms with E-state index in [2.05, 4.69) is 13.8 Å². The summed E-state index contributed by atoms with van der Waals surface area (Å²) in [7, 11) is 0. The predicted octanol–water partition coefficient (Wildman–Crippen LogP) is 3.48. The fourth-order valence-electron chi connectivity index (χ4n) is 7.83. The van der Waals surface area contributed by atoms with Crippen LogP contribution in [0, 0.1) is 40.4 Å². The molecule has 29 heavy (non-hydrogen) atoms. The molecule has 0 amide bonds. The number of esters is 1. The van der Waals surface area contributed by atoms with Gasteiger partial charge in [0.1, 0.15) is 6.61 Å². The summed E-state index contributed by atoms with van der Waals surface area (Å²) in [5.74, 6) is 0.564. The summed E-state index contributed by atoms with van der Waals surface area (Å²) in [4.78, 5) is 36.3. The highest BCUT2D eigenvalue weighted by Crippen LogP contribution is 2.66. The average Bonchev–Trinajstić information content (AvgIpc) is 2.97. The Morgan fingerprint density at radius 1 is 1.21 bits per heavy atom. The summed E-state index contributed by atoms with van der Waals surface area (Å²) in [5.41, 5.74) is 0.854. The predicted molar refractivity (Wildman–Crippen MR) is 108 cm³/mol. The molecule has 5 heteroatoms. The molecule has 5 nitrogen and oxygen atoms in total. The van der Waals surface area contributed by atoms with Gasteiger partial charge in [-0.05, 0) is 73.2 Å². The molecule has 0 heterocycles. The van der Waals surface area contributed by atoms with Crippen LogP contribution in [0.1, 0.15) is 66.2 Å². The summed E-state index contributed by atoms with van der Waals surface area (Å²) in [6.07, 6.45) is 6.52. The topological polar surface area (TPSA) is 80.7 Å². The molecule has 4 rings (SSSR count). The summed E-state index contributed by atoms with van der Waals surface area (Å²) >= 11 is 0. The normalized spacial score (nSPS) is 46.2. The molecule has 0 bridgehead atoms. The fourth-order valence-corrected chi connectivity index (χ4v) is 7.83. The van der Waals surface area contributed by atoms with Gasteiger partial charge in [0, 0.05) is 18.8 Å². The van der Waals surface area contributed by atoms with Gasteiger partial charge in [0.05, 0.1) is 6.10 Å². The molecule has 0 aliphatic heterocycles. The van der Waals surface area contributed by atoms with E-state index in [-0.39, 0.29) is 46.8 Å². The minimum atomic E-state index is -0.475. The van der Waals surface area contributed by atoms with E-state index >= 15 is 0 Å². The van der Waals surface area contributed by atoms with Crippen LogP contribution in [-0.2, 0) is 19.1 Å². The Hall–Kier alpha value is -1.49. The van der Waals surface area contributed by atoms with E-state index in [0.717, 1.165) is 32.1 Å². The molecule has 0 saturated heterocycles. The first-order valence-corrected chi connectivity index (χ1v) is 11.2. The van der Waals surface area contributed by atoms with Gasteiger partial charge >= 0.3 is 5.97 Å². The molecule has 0 aromatic rings. The molecule has 0 spiro atoms. The smallest absolute Gasteiger partial charge is 0.303 e. The van der Waals surface area contributed by atoms with Gasteiger partial charge in [-0.1, -0.05) is 26.3 Å². The first-order chi connectivity index (χ1) is 13.6. The summed E-state index contributed by atoms with van der Waals surface area (Å²) in [6, 6.07) is 0. The van der Waals surface area contributed by atoms with E-state index in [1.54, 1.807) is 0 Å². The quantitative estimate of drug-likeness (QED) is 0.731. The highest BCUT2D eigenvalue weighted by molar-refractivity contribution is 5.93. The number of aliphatic hydroxyl groups excluding tert-OH is 1. The number of Topliss-reactive ketones (excluding diaryl/α,β-unsaturated/α-hetero) is 1. The molecule has 4 aliphatic carbocycles. The van der Waals surface area contributed by atoms with Gasteiger partial charge in [0.15, 0.2) is 11.6 Å². The second-order valence-electron chi connectivity index (χ2n) is 10.6. The van der Waals surface area contributed by atoms with E-state index in [1.807, 2.05) is 13.0 Å². The van der Waals surface area contributed by atoms with Crippen molar-refractivity contribution in [1.82, 2.24) is 0 Å². The molecular weight excluding hydrogens is 368 g/mol. The molecule has 160 valence electrons. The third-order valence-electron chi connectivity index (χ3n) is 9.01. The highest BCUT2D eigenvalue weighted by atomic mass is 16.5. The number of ether oxygens (including phenoxy) is 1. The number of ketones is 2. The molecule has 0 aromatic carbocycles.